The molecule has 5 nitrogen and oxygen atoms in total. The molecular formula is C11H8F2N2O3S. The Hall–Kier alpha value is -2.22. The lowest BCUT2D eigenvalue weighted by atomic mass is 10.3. The van der Waals surface area contributed by atoms with Gasteiger partial charge in [-0.15, -0.1) is 0 Å². The molecule has 0 atom stereocenters. The van der Waals surface area contributed by atoms with Crippen molar-refractivity contribution in [2.75, 3.05) is 4.72 Å². The van der Waals surface area contributed by atoms with Crippen molar-refractivity contribution in [2.45, 2.75) is 4.90 Å². The third kappa shape index (κ3) is 2.63. The maximum Gasteiger partial charge on any atom is 0.267 e. The fraction of sp³-hybridized carbons (Fsp3) is 0. The molecule has 0 aliphatic heterocycles. The Kier molecular flexibility index (Phi) is 3.34. The number of H-pyrrole nitrogens is 1. The summed E-state index contributed by atoms with van der Waals surface area (Å²) in [7, 11) is -4.36. The first-order valence-electron chi connectivity index (χ1n) is 5.06. The molecule has 2 N–H and O–H groups in total. The highest BCUT2D eigenvalue weighted by Crippen LogP contribution is 2.20. The number of pyridine rings is 1. The number of aromatic nitrogens is 1. The van der Waals surface area contributed by atoms with Crippen molar-refractivity contribution in [1.82, 2.24) is 4.98 Å². The first-order valence-corrected chi connectivity index (χ1v) is 6.54. The van der Waals surface area contributed by atoms with Crippen LogP contribution >= 0.6 is 0 Å². The van der Waals surface area contributed by atoms with Gasteiger partial charge in [-0.05, 0) is 12.1 Å². The minimum absolute atomic E-state index is 0.627. The van der Waals surface area contributed by atoms with Gasteiger partial charge in [0.25, 0.3) is 10.0 Å². The van der Waals surface area contributed by atoms with Crippen LogP contribution in [0.1, 0.15) is 0 Å². The number of para-hydroxylation sites is 1. The highest BCUT2D eigenvalue weighted by atomic mass is 32.2. The van der Waals surface area contributed by atoms with Gasteiger partial charge in [0.1, 0.15) is 17.3 Å². The molecule has 0 fully saturated rings. The molecule has 1 aromatic heterocycles. The van der Waals surface area contributed by atoms with Gasteiger partial charge in [0, 0.05) is 18.5 Å². The number of benzene rings is 1. The van der Waals surface area contributed by atoms with Gasteiger partial charge < -0.3 is 4.98 Å². The summed E-state index contributed by atoms with van der Waals surface area (Å²) < 4.78 is 52.1. The molecule has 0 unspecified atom stereocenters. The molecule has 8 heteroatoms. The van der Waals surface area contributed by atoms with Crippen molar-refractivity contribution in [3.05, 3.63) is 58.5 Å². The fourth-order valence-corrected chi connectivity index (χ4v) is 2.53. The van der Waals surface area contributed by atoms with Gasteiger partial charge >= 0.3 is 0 Å². The summed E-state index contributed by atoms with van der Waals surface area (Å²) in [6.07, 6.45) is 2.18. The molecule has 0 aliphatic rings. The standard InChI is InChI=1S/C11H8F2N2O3S/c12-7-2-1-3-8(13)11(7)15-19(17,18)10-6-14-5-4-9(10)16/h1-6,15H,(H,14,16). The summed E-state index contributed by atoms with van der Waals surface area (Å²) in [6, 6.07) is 3.89. The van der Waals surface area contributed by atoms with Crippen molar-refractivity contribution in [3.8, 4) is 0 Å². The topological polar surface area (TPSA) is 79.0 Å². The van der Waals surface area contributed by atoms with Crippen molar-refractivity contribution >= 4 is 15.7 Å². The van der Waals surface area contributed by atoms with Crippen LogP contribution in [0, 0.1) is 11.6 Å². The lowest BCUT2D eigenvalue weighted by molar-refractivity contribution is 0.582. The lowest BCUT2D eigenvalue weighted by Crippen LogP contribution is -2.22. The second-order valence-electron chi connectivity index (χ2n) is 3.57. The van der Waals surface area contributed by atoms with E-state index in [0.717, 1.165) is 30.5 Å². The summed E-state index contributed by atoms with van der Waals surface area (Å²) in [5.74, 6) is -2.15. The molecule has 1 heterocycles. The SMILES string of the molecule is O=c1cc[nH]cc1S(=O)(=O)Nc1c(F)cccc1F. The minimum Gasteiger partial charge on any atom is -0.366 e. The van der Waals surface area contributed by atoms with E-state index < -0.39 is 37.7 Å². The van der Waals surface area contributed by atoms with E-state index in [1.807, 2.05) is 0 Å². The Bertz CT molecular complexity index is 751. The summed E-state index contributed by atoms with van der Waals surface area (Å²) in [5.41, 5.74) is -1.62. The van der Waals surface area contributed by atoms with E-state index in [4.69, 9.17) is 0 Å². The van der Waals surface area contributed by atoms with Gasteiger partial charge in [-0.3, -0.25) is 9.52 Å². The molecule has 0 saturated carbocycles. The number of halogens is 2. The number of hydrogen-bond acceptors (Lipinski definition) is 3. The molecule has 0 saturated heterocycles. The monoisotopic (exact) mass is 286 g/mol. The molecule has 0 amide bonds. The zero-order valence-corrected chi connectivity index (χ0v) is 10.2. The average Bonchev–Trinajstić information content (AvgIpc) is 2.34. The average molecular weight is 286 g/mol. The number of aromatic amines is 1. The number of hydrogen-bond donors (Lipinski definition) is 2. The van der Waals surface area contributed by atoms with Crippen molar-refractivity contribution in [3.63, 3.8) is 0 Å². The van der Waals surface area contributed by atoms with Crippen molar-refractivity contribution < 1.29 is 17.2 Å². The second-order valence-corrected chi connectivity index (χ2v) is 5.23. The smallest absolute Gasteiger partial charge is 0.267 e. The number of rotatable bonds is 3. The predicted octanol–water partition coefficient (Wildman–Crippen LogP) is 1.45. The van der Waals surface area contributed by atoms with Gasteiger partial charge in [-0.2, -0.15) is 0 Å². The molecule has 0 bridgehead atoms. The molecule has 2 aromatic rings. The van der Waals surface area contributed by atoms with E-state index in [1.54, 1.807) is 4.72 Å². The lowest BCUT2D eigenvalue weighted by Gasteiger charge is -2.08. The third-order valence-corrected chi connectivity index (χ3v) is 3.65. The minimum atomic E-state index is -4.36. The van der Waals surface area contributed by atoms with E-state index >= 15 is 0 Å². The largest absolute Gasteiger partial charge is 0.366 e. The van der Waals surface area contributed by atoms with Crippen LogP contribution in [0.5, 0.6) is 0 Å². The summed E-state index contributed by atoms with van der Waals surface area (Å²) in [5, 5.41) is 0. The Balaban J connectivity index is 2.49. The quantitative estimate of drug-likeness (QED) is 0.896. The van der Waals surface area contributed by atoms with E-state index in [1.165, 1.54) is 6.20 Å². The van der Waals surface area contributed by atoms with Gasteiger partial charge in [0.2, 0.25) is 5.43 Å². The van der Waals surface area contributed by atoms with Crippen LogP contribution in [0.25, 0.3) is 0 Å². The highest BCUT2D eigenvalue weighted by molar-refractivity contribution is 7.92. The van der Waals surface area contributed by atoms with Crippen molar-refractivity contribution in [1.29, 1.82) is 0 Å². The molecular weight excluding hydrogens is 278 g/mol. The molecule has 0 aliphatic carbocycles. The third-order valence-electron chi connectivity index (χ3n) is 2.28. The summed E-state index contributed by atoms with van der Waals surface area (Å²) in [6.45, 7) is 0. The van der Waals surface area contributed by atoms with E-state index in [9.17, 15) is 22.0 Å². The maximum atomic E-state index is 13.3. The van der Waals surface area contributed by atoms with E-state index in [2.05, 4.69) is 4.98 Å². The Morgan fingerprint density at radius 2 is 1.74 bits per heavy atom. The van der Waals surface area contributed by atoms with Crippen LogP contribution in [0.3, 0.4) is 0 Å². The second kappa shape index (κ2) is 4.81. The van der Waals surface area contributed by atoms with Crippen LogP contribution in [-0.4, -0.2) is 13.4 Å². The van der Waals surface area contributed by atoms with Crippen LogP contribution < -0.4 is 10.2 Å². The Labute approximate surface area is 107 Å². The fourth-order valence-electron chi connectivity index (χ4n) is 1.40. The number of nitrogens with one attached hydrogen (secondary N) is 2. The zero-order valence-electron chi connectivity index (χ0n) is 9.35. The molecule has 1 aromatic carbocycles. The highest BCUT2D eigenvalue weighted by Gasteiger charge is 2.21. The van der Waals surface area contributed by atoms with Gasteiger partial charge in [0.05, 0.1) is 0 Å². The molecule has 0 spiro atoms. The summed E-state index contributed by atoms with van der Waals surface area (Å²) >= 11 is 0. The predicted molar refractivity (Wildman–Crippen MR) is 64.2 cm³/mol. The number of anilines is 1. The number of sulfonamides is 1. The normalized spacial score (nSPS) is 11.3. The molecule has 100 valence electrons. The van der Waals surface area contributed by atoms with Crippen LogP contribution in [0.4, 0.5) is 14.5 Å². The Morgan fingerprint density at radius 1 is 1.11 bits per heavy atom. The van der Waals surface area contributed by atoms with Gasteiger partial charge in [-0.1, -0.05) is 6.07 Å². The molecule has 2 rings (SSSR count). The maximum absolute atomic E-state index is 13.3. The Morgan fingerprint density at radius 3 is 2.32 bits per heavy atom. The van der Waals surface area contributed by atoms with Crippen LogP contribution in [0.15, 0.2) is 46.3 Å². The van der Waals surface area contributed by atoms with Gasteiger partial charge in [-0.25, -0.2) is 17.2 Å². The van der Waals surface area contributed by atoms with E-state index in [0.29, 0.717) is 0 Å². The molecule has 0 radical (unpaired) electrons. The zero-order chi connectivity index (χ0) is 14.0. The van der Waals surface area contributed by atoms with E-state index in [-0.39, 0.29) is 0 Å². The van der Waals surface area contributed by atoms with Crippen LogP contribution in [0.2, 0.25) is 0 Å². The first kappa shape index (κ1) is 13.2. The molecule has 19 heavy (non-hydrogen) atoms. The van der Waals surface area contributed by atoms with Crippen molar-refractivity contribution in [2.24, 2.45) is 0 Å². The first-order chi connectivity index (χ1) is 8.92. The van der Waals surface area contributed by atoms with Gasteiger partial charge in [0.15, 0.2) is 4.90 Å². The van der Waals surface area contributed by atoms with Crippen LogP contribution in [-0.2, 0) is 10.0 Å². The summed E-state index contributed by atoms with van der Waals surface area (Å²) in [4.78, 5) is 13.2.